The molecule has 2 aromatic rings. The number of benzene rings is 1. The molecule has 2 rings (SSSR count). The van der Waals surface area contributed by atoms with Crippen LogP contribution in [0, 0.1) is 10.1 Å². The highest BCUT2D eigenvalue weighted by molar-refractivity contribution is 5.94. The fourth-order valence-corrected chi connectivity index (χ4v) is 2.83. The number of nitrogens with zero attached hydrogens (tertiary/aromatic N) is 3. The molecular formula is C21H26N4O6. The number of aryl methyl sites for hydroxylation is 1. The number of carbonyl (C=O) groups is 1. The number of pyridine rings is 1. The van der Waals surface area contributed by atoms with E-state index in [1.54, 1.807) is 19.2 Å². The lowest BCUT2D eigenvalue weighted by Gasteiger charge is -2.11. The van der Waals surface area contributed by atoms with Gasteiger partial charge in [0.25, 0.3) is 11.5 Å². The first kappa shape index (κ1) is 23.6. The van der Waals surface area contributed by atoms with Crippen LogP contribution in [-0.2, 0) is 6.54 Å². The first-order valence-corrected chi connectivity index (χ1v) is 9.94. The van der Waals surface area contributed by atoms with E-state index in [4.69, 9.17) is 9.47 Å². The van der Waals surface area contributed by atoms with Crippen molar-refractivity contribution < 1.29 is 19.2 Å². The maximum Gasteiger partial charge on any atom is 0.315 e. The quantitative estimate of drug-likeness (QED) is 0.253. The van der Waals surface area contributed by atoms with Crippen LogP contribution in [0.25, 0.3) is 0 Å². The van der Waals surface area contributed by atoms with Crippen LogP contribution < -0.4 is 20.5 Å². The number of aromatic nitrogens is 1. The van der Waals surface area contributed by atoms with Gasteiger partial charge in [0.05, 0.1) is 24.9 Å². The summed E-state index contributed by atoms with van der Waals surface area (Å²) in [4.78, 5) is 35.4. The number of hydrogen-bond acceptors (Lipinski definition) is 7. The van der Waals surface area contributed by atoms with Crippen LogP contribution >= 0.6 is 0 Å². The second-order valence-electron chi connectivity index (χ2n) is 6.60. The Morgan fingerprint density at radius 3 is 2.74 bits per heavy atom. The van der Waals surface area contributed by atoms with Crippen molar-refractivity contribution in [2.45, 2.75) is 39.7 Å². The maximum absolute atomic E-state index is 12.3. The highest BCUT2D eigenvalue weighted by Gasteiger charge is 2.22. The van der Waals surface area contributed by atoms with E-state index >= 15 is 0 Å². The van der Waals surface area contributed by atoms with Gasteiger partial charge in [-0.3, -0.25) is 19.7 Å². The van der Waals surface area contributed by atoms with Crippen LogP contribution in [0.4, 0.5) is 5.69 Å². The second kappa shape index (κ2) is 11.5. The molecule has 0 fully saturated rings. The summed E-state index contributed by atoms with van der Waals surface area (Å²) >= 11 is 0. The summed E-state index contributed by atoms with van der Waals surface area (Å²) < 4.78 is 12.2. The lowest BCUT2D eigenvalue weighted by molar-refractivity contribution is -0.386. The highest BCUT2D eigenvalue weighted by atomic mass is 16.6. The van der Waals surface area contributed by atoms with Gasteiger partial charge >= 0.3 is 5.69 Å². The molecule has 166 valence electrons. The first-order valence-electron chi connectivity index (χ1n) is 9.94. The van der Waals surface area contributed by atoms with E-state index in [1.165, 1.54) is 36.1 Å². The largest absolute Gasteiger partial charge is 0.493 e. The number of methoxy groups -OCH3 is 1. The number of hydrazone groups is 1. The zero-order chi connectivity index (χ0) is 22.8. The van der Waals surface area contributed by atoms with Gasteiger partial charge in [0.1, 0.15) is 5.56 Å². The van der Waals surface area contributed by atoms with Crippen molar-refractivity contribution in [3.8, 4) is 11.5 Å². The van der Waals surface area contributed by atoms with E-state index in [2.05, 4.69) is 10.5 Å². The van der Waals surface area contributed by atoms with E-state index in [-0.39, 0.29) is 22.7 Å². The summed E-state index contributed by atoms with van der Waals surface area (Å²) in [6.07, 6.45) is 5.53. The molecule has 0 aliphatic heterocycles. The fourth-order valence-electron chi connectivity index (χ4n) is 2.83. The Kier molecular flexibility index (Phi) is 8.74. The summed E-state index contributed by atoms with van der Waals surface area (Å²) in [6.45, 7) is 4.60. The second-order valence-corrected chi connectivity index (χ2v) is 6.60. The van der Waals surface area contributed by atoms with Gasteiger partial charge in [-0.1, -0.05) is 19.8 Å². The monoisotopic (exact) mass is 430 g/mol. The van der Waals surface area contributed by atoms with E-state index in [9.17, 15) is 19.7 Å². The normalized spacial score (nSPS) is 10.8. The highest BCUT2D eigenvalue weighted by Crippen LogP contribution is 2.38. The summed E-state index contributed by atoms with van der Waals surface area (Å²) in [6, 6.07) is 5.79. The van der Waals surface area contributed by atoms with Crippen LogP contribution in [0.5, 0.6) is 11.5 Å². The zero-order valence-electron chi connectivity index (χ0n) is 17.8. The van der Waals surface area contributed by atoms with E-state index in [0.29, 0.717) is 18.7 Å². The van der Waals surface area contributed by atoms with Crippen LogP contribution in [0.15, 0.2) is 40.4 Å². The van der Waals surface area contributed by atoms with Crippen molar-refractivity contribution in [3.63, 3.8) is 0 Å². The number of amides is 1. The standard InChI is InChI=1S/C21H26N4O6/c1-4-6-7-11-31-19-17(25(28)29)12-15(13-18(19)30-3)14-22-23-20(26)16-9-8-10-24(5-2)21(16)27/h8-10,12-14H,4-7,11H2,1-3H3,(H,23,26)/b22-14-. The van der Waals surface area contributed by atoms with Gasteiger partial charge in [-0.2, -0.15) is 5.10 Å². The van der Waals surface area contributed by atoms with E-state index in [1.807, 2.05) is 6.92 Å². The third-order valence-corrected chi connectivity index (χ3v) is 4.45. The third kappa shape index (κ3) is 6.14. The predicted molar refractivity (Wildman–Crippen MR) is 116 cm³/mol. The Hall–Kier alpha value is -3.69. The topological polar surface area (TPSA) is 125 Å². The Morgan fingerprint density at radius 1 is 1.32 bits per heavy atom. The Morgan fingerprint density at radius 2 is 2.10 bits per heavy atom. The summed E-state index contributed by atoms with van der Waals surface area (Å²) in [5.41, 5.74) is 1.84. The third-order valence-electron chi connectivity index (χ3n) is 4.45. The molecule has 0 unspecified atom stereocenters. The number of rotatable bonds is 11. The number of unbranched alkanes of at least 4 members (excludes halogenated alkanes) is 2. The van der Waals surface area contributed by atoms with Gasteiger partial charge in [0.15, 0.2) is 5.75 Å². The van der Waals surface area contributed by atoms with Gasteiger partial charge in [-0.05, 0) is 31.5 Å². The minimum atomic E-state index is -0.679. The summed E-state index contributed by atoms with van der Waals surface area (Å²) in [5, 5.41) is 15.3. The molecule has 1 amide bonds. The lowest BCUT2D eigenvalue weighted by atomic mass is 10.2. The minimum absolute atomic E-state index is 0.0502. The number of hydrogen-bond donors (Lipinski definition) is 1. The smallest absolute Gasteiger partial charge is 0.315 e. The molecule has 0 radical (unpaired) electrons. The van der Waals surface area contributed by atoms with Gasteiger partial charge in [0.2, 0.25) is 5.75 Å². The fraction of sp³-hybridized carbons (Fsp3) is 0.381. The number of nitro groups is 1. The molecular weight excluding hydrogens is 404 g/mol. The summed E-state index contributed by atoms with van der Waals surface area (Å²) in [5.74, 6) is -0.442. The average molecular weight is 430 g/mol. The molecule has 0 atom stereocenters. The van der Waals surface area contributed by atoms with Gasteiger partial charge < -0.3 is 14.0 Å². The average Bonchev–Trinajstić information content (AvgIpc) is 2.76. The van der Waals surface area contributed by atoms with Crippen molar-refractivity contribution in [1.82, 2.24) is 9.99 Å². The molecule has 0 saturated heterocycles. The minimum Gasteiger partial charge on any atom is -0.493 e. The molecule has 10 heteroatoms. The molecule has 1 N–H and O–H groups in total. The number of ether oxygens (including phenoxy) is 2. The van der Waals surface area contributed by atoms with Gasteiger partial charge in [-0.15, -0.1) is 0 Å². The molecule has 0 aliphatic rings. The van der Waals surface area contributed by atoms with E-state index in [0.717, 1.165) is 19.3 Å². The maximum atomic E-state index is 12.3. The van der Waals surface area contributed by atoms with Crippen LogP contribution in [0.2, 0.25) is 0 Å². The Bertz CT molecular complexity index is 1020. The number of nitro benzene ring substituents is 1. The Labute approximate surface area is 179 Å². The molecule has 0 bridgehead atoms. The van der Waals surface area contributed by atoms with Crippen molar-refractivity contribution >= 4 is 17.8 Å². The molecule has 0 aliphatic carbocycles. The van der Waals surface area contributed by atoms with Crippen molar-refractivity contribution in [2.75, 3.05) is 13.7 Å². The van der Waals surface area contributed by atoms with Gasteiger partial charge in [-0.25, -0.2) is 5.43 Å². The molecule has 1 aromatic heterocycles. The molecule has 10 nitrogen and oxygen atoms in total. The molecule has 31 heavy (non-hydrogen) atoms. The molecule has 0 saturated carbocycles. The first-order chi connectivity index (χ1) is 14.9. The molecule has 1 aromatic carbocycles. The molecule has 1 heterocycles. The van der Waals surface area contributed by atoms with Crippen LogP contribution in [0.1, 0.15) is 49.0 Å². The van der Waals surface area contributed by atoms with Crippen LogP contribution in [0.3, 0.4) is 0 Å². The lowest BCUT2D eigenvalue weighted by Crippen LogP contribution is -2.30. The number of nitrogens with one attached hydrogen (secondary N) is 1. The molecule has 0 spiro atoms. The SMILES string of the molecule is CCCCCOc1c(OC)cc(/C=N\NC(=O)c2cccn(CC)c2=O)cc1[N+](=O)[O-]. The summed E-state index contributed by atoms with van der Waals surface area (Å²) in [7, 11) is 1.38. The Balaban J connectivity index is 2.21. The van der Waals surface area contributed by atoms with Crippen LogP contribution in [-0.4, -0.2) is 35.3 Å². The predicted octanol–water partition coefficient (Wildman–Crippen LogP) is 3.12. The van der Waals surface area contributed by atoms with Gasteiger partial charge in [0, 0.05) is 24.4 Å². The number of carbonyl (C=O) groups excluding carboxylic acids is 1. The van der Waals surface area contributed by atoms with Crippen molar-refractivity contribution in [2.24, 2.45) is 5.10 Å². The van der Waals surface area contributed by atoms with Crippen molar-refractivity contribution in [1.29, 1.82) is 0 Å². The van der Waals surface area contributed by atoms with Crippen molar-refractivity contribution in [3.05, 3.63) is 62.1 Å². The zero-order valence-corrected chi connectivity index (χ0v) is 17.8. The van der Waals surface area contributed by atoms with E-state index < -0.39 is 16.4 Å².